The molecule has 0 saturated carbocycles. The molecule has 9 heavy (non-hydrogen) atoms. The molecule has 0 heterocycles. The smallest absolute Gasteiger partial charge is 0 e. The van der Waals surface area contributed by atoms with E-state index in [9.17, 15) is 0 Å². The van der Waals surface area contributed by atoms with Crippen LogP contribution in [-0.4, -0.2) is 155 Å². The van der Waals surface area contributed by atoms with E-state index < -0.39 is 0 Å². The normalized spacial score (nSPS) is 0.556. The molecule has 0 fully saturated rings. The van der Waals surface area contributed by atoms with E-state index in [2.05, 4.69) is 7.33 Å². The van der Waals surface area contributed by atoms with Crippen LogP contribution in [0.4, 0.5) is 0 Å². The zero-order valence-electron chi connectivity index (χ0n) is 2.05. The topological polar surface area (TPSA) is 0 Å². The van der Waals surface area contributed by atoms with E-state index in [4.69, 9.17) is 0 Å². The summed E-state index contributed by atoms with van der Waals surface area (Å²) in [6.45, 7) is 0. The molecule has 0 aliphatic rings. The minimum atomic E-state index is 0. The van der Waals surface area contributed by atoms with Gasteiger partial charge < -0.3 is 0 Å². The first-order valence-electron chi connectivity index (χ1n) is 0.236. The second-order valence-corrected chi connectivity index (χ2v) is 0. The Morgan fingerprint density at radius 2 is 1.11 bits per heavy atom. The van der Waals surface area contributed by atoms with Crippen molar-refractivity contribution >= 4 is 162 Å². The number of hydrogen-bond acceptors (Lipinski definition) is 0. The quantitative estimate of drug-likeness (QED) is 0.202. The zero-order chi connectivity index (χ0) is 2.00. The average Bonchev–Trinajstić information content (AvgIpc) is 1.00. The molecule has 0 aromatic rings. The molecule has 1 unspecified atom stereocenters. The van der Waals surface area contributed by atoms with Crippen molar-refractivity contribution in [1.29, 1.82) is 0 Å². The molecule has 0 bridgehead atoms. The second-order valence-electron chi connectivity index (χ2n) is 0. The summed E-state index contributed by atoms with van der Waals surface area (Å²) in [5, 5.41) is 0. The van der Waals surface area contributed by atoms with E-state index >= 15 is 0 Å². The molecule has 0 aromatic carbocycles. The minimum Gasteiger partial charge on any atom is 0 e. The first kappa shape index (κ1) is 54.2. The van der Waals surface area contributed by atoms with E-state index in [1.807, 2.05) is 19.3 Å². The maximum atomic E-state index is 2.43. The molecular formula is H10BaCaCuMgMoNiPSrV. The molecule has 0 aromatic heterocycles. The van der Waals surface area contributed by atoms with Gasteiger partial charge in [-0.2, -0.15) is 0 Å². The maximum absolute atomic E-state index is 2.43. The van der Waals surface area contributed by atoms with Crippen molar-refractivity contribution in [3.05, 3.63) is 0 Å². The van der Waals surface area contributed by atoms with Crippen molar-refractivity contribution in [1.82, 2.24) is 0 Å². The molecule has 0 rings (SSSR count). The minimum absolute atomic E-state index is 0. The predicted octanol–water partition coefficient (Wildman–Crippen LogP) is -3.35. The van der Waals surface area contributed by atoms with Crippen LogP contribution in [0.5, 0.6) is 0 Å². The fourth-order valence-electron chi connectivity index (χ4n) is 0. The SMILES string of the molecule is [BaH2].[CaH2].[Cu].[MgH2].[Ni].[PH2][Mo].[SrH2].[V]. The van der Waals surface area contributed by atoms with Gasteiger partial charge in [0.15, 0.2) is 0 Å². The standard InChI is InChI=1S/Ba.Ca.Cu.Mg.Mo.Ni.H2P.Sr.V.8H/h;;;;;;1H2;;;;;;;;;;/q;;;;+1;;-1;;;;;;;;;;. The predicted molar refractivity (Wildman–Crippen MR) is 43.9 cm³/mol. The van der Waals surface area contributed by atoms with Crippen molar-refractivity contribution in [3.63, 3.8) is 0 Å². The van der Waals surface area contributed by atoms with Crippen LogP contribution in [0.25, 0.3) is 0 Å². The van der Waals surface area contributed by atoms with Gasteiger partial charge in [-0.15, -0.1) is 0 Å². The molecule has 2 radical (unpaired) electrons. The molecule has 0 aliphatic heterocycles. The molecule has 0 amide bonds. The van der Waals surface area contributed by atoms with Gasteiger partial charge in [-0.3, -0.25) is 0 Å². The fourth-order valence-corrected chi connectivity index (χ4v) is 0. The van der Waals surface area contributed by atoms with Gasteiger partial charge in [0.25, 0.3) is 0 Å². The number of hydrogen-bond donors (Lipinski definition) is 0. The molecule has 0 N–H and O–H groups in total. The third-order valence-corrected chi connectivity index (χ3v) is 0. The van der Waals surface area contributed by atoms with E-state index in [1.165, 1.54) is 0 Å². The van der Waals surface area contributed by atoms with Gasteiger partial charge >= 0.3 is 182 Å². The summed E-state index contributed by atoms with van der Waals surface area (Å²) in [4.78, 5) is 0. The van der Waals surface area contributed by atoms with Crippen LogP contribution in [0.15, 0.2) is 0 Å². The summed E-state index contributed by atoms with van der Waals surface area (Å²) < 4.78 is 0. The van der Waals surface area contributed by atoms with Crippen LogP contribution in [0.1, 0.15) is 0 Å². The van der Waals surface area contributed by atoms with Gasteiger partial charge in [0, 0.05) is 52.1 Å². The maximum Gasteiger partial charge on any atom is 0 e. The Balaban J connectivity index is -0.000000000238. The molecule has 1 atom stereocenters. The van der Waals surface area contributed by atoms with Crippen LogP contribution in [0, 0.1) is 0 Å². The molecule has 0 aliphatic carbocycles. The molecule has 55 valence electrons. The Labute approximate surface area is 226 Å². The van der Waals surface area contributed by atoms with Crippen LogP contribution in [0.2, 0.25) is 0 Å². The molecular weight excluding hydrogens is 589 g/mol. The van der Waals surface area contributed by atoms with Crippen LogP contribution in [-0.2, 0) is 71.4 Å². The monoisotopic (exact) mass is 601 g/mol. The summed E-state index contributed by atoms with van der Waals surface area (Å²) in [6, 6.07) is 0. The first-order valence-corrected chi connectivity index (χ1v) is 4.18. The summed E-state index contributed by atoms with van der Waals surface area (Å²) in [5.41, 5.74) is 0. The van der Waals surface area contributed by atoms with E-state index in [1.54, 1.807) is 0 Å². The van der Waals surface area contributed by atoms with Gasteiger partial charge in [0.05, 0.1) is 0 Å². The van der Waals surface area contributed by atoms with Crippen molar-refractivity contribution in [2.45, 2.75) is 0 Å². The Kier molecular flexibility index (Phi) is 343. The number of rotatable bonds is 0. The van der Waals surface area contributed by atoms with Crippen molar-refractivity contribution in [2.75, 3.05) is 0 Å². The summed E-state index contributed by atoms with van der Waals surface area (Å²) in [7, 11) is 2.43. The molecule has 9 heteroatoms. The van der Waals surface area contributed by atoms with Gasteiger partial charge in [0.2, 0.25) is 0 Å². The van der Waals surface area contributed by atoms with Gasteiger partial charge in [0.1, 0.15) is 0 Å². The van der Waals surface area contributed by atoms with Crippen LogP contribution < -0.4 is 0 Å². The van der Waals surface area contributed by atoms with Crippen LogP contribution >= 0.6 is 7.33 Å². The van der Waals surface area contributed by atoms with Gasteiger partial charge in [-0.25, -0.2) is 0 Å². The van der Waals surface area contributed by atoms with Crippen molar-refractivity contribution in [3.8, 4) is 0 Å². The Morgan fingerprint density at radius 1 is 1.11 bits per heavy atom. The van der Waals surface area contributed by atoms with Crippen LogP contribution in [0.3, 0.4) is 0 Å². The molecule has 0 spiro atoms. The molecule has 0 saturated heterocycles. The van der Waals surface area contributed by atoms with Crippen molar-refractivity contribution in [2.24, 2.45) is 0 Å². The first-order chi connectivity index (χ1) is 1.00. The third-order valence-electron chi connectivity index (χ3n) is 0. The van der Waals surface area contributed by atoms with E-state index in [0.717, 1.165) is 0 Å². The zero-order valence-corrected chi connectivity index (χ0v) is 8.54. The third kappa shape index (κ3) is 49.5. The average molecular weight is 600 g/mol. The summed E-state index contributed by atoms with van der Waals surface area (Å²) >= 11 is 1.87. The van der Waals surface area contributed by atoms with Gasteiger partial charge in [-0.05, 0) is 0 Å². The Hall–Kier alpha value is 7.79. The van der Waals surface area contributed by atoms with Crippen molar-refractivity contribution < 1.29 is 71.4 Å². The largest absolute Gasteiger partial charge is 0 e. The van der Waals surface area contributed by atoms with Gasteiger partial charge in [-0.1, -0.05) is 0 Å². The molecule has 0 nitrogen and oxygen atoms in total. The fraction of sp³-hybridized carbons (Fsp3) is 0. The Morgan fingerprint density at radius 3 is 1.11 bits per heavy atom. The second kappa shape index (κ2) is 56.9. The summed E-state index contributed by atoms with van der Waals surface area (Å²) in [6.07, 6.45) is 0. The van der Waals surface area contributed by atoms with E-state index in [0.29, 0.717) is 0 Å². The summed E-state index contributed by atoms with van der Waals surface area (Å²) in [5.74, 6) is 0. The Bertz CT molecular complexity index is 28.5. The van der Waals surface area contributed by atoms with E-state index in [-0.39, 0.29) is 207 Å².